The Morgan fingerprint density at radius 1 is 1.60 bits per heavy atom. The van der Waals surface area contributed by atoms with Gasteiger partial charge in [0.05, 0.1) is 11.9 Å². The quantitative estimate of drug-likeness (QED) is 0.803. The number of anilines is 1. The summed E-state index contributed by atoms with van der Waals surface area (Å²) in [4.78, 5) is 15.6. The van der Waals surface area contributed by atoms with Gasteiger partial charge in [0.25, 0.3) is 0 Å². The van der Waals surface area contributed by atoms with E-state index >= 15 is 0 Å². The molecule has 0 saturated heterocycles. The molecule has 3 nitrogen and oxygen atoms in total. The first-order chi connectivity index (χ1) is 7.16. The minimum absolute atomic E-state index is 0.0709. The third kappa shape index (κ3) is 2.69. The Labute approximate surface area is 93.8 Å². The number of halogens is 1. The molecule has 1 aliphatic carbocycles. The summed E-state index contributed by atoms with van der Waals surface area (Å²) in [6, 6.07) is 3.42. The highest BCUT2D eigenvalue weighted by molar-refractivity contribution is 6.29. The fraction of sp³-hybridized carbons (Fsp3) is 0.455. The summed E-state index contributed by atoms with van der Waals surface area (Å²) < 4.78 is 0. The van der Waals surface area contributed by atoms with Crippen LogP contribution in [0.15, 0.2) is 18.3 Å². The van der Waals surface area contributed by atoms with Crippen LogP contribution in [-0.2, 0) is 4.79 Å². The van der Waals surface area contributed by atoms with E-state index in [9.17, 15) is 4.79 Å². The van der Waals surface area contributed by atoms with Gasteiger partial charge in [-0.05, 0) is 30.9 Å². The zero-order valence-electron chi connectivity index (χ0n) is 8.53. The Balaban J connectivity index is 1.95. The van der Waals surface area contributed by atoms with Crippen LogP contribution in [0.4, 0.5) is 5.69 Å². The lowest BCUT2D eigenvalue weighted by atomic mass is 10.1. The van der Waals surface area contributed by atoms with Gasteiger partial charge in [-0.3, -0.25) is 4.79 Å². The second-order valence-electron chi connectivity index (χ2n) is 3.98. The Morgan fingerprint density at radius 3 is 2.87 bits per heavy atom. The predicted molar refractivity (Wildman–Crippen MR) is 59.8 cm³/mol. The summed E-state index contributed by atoms with van der Waals surface area (Å²) in [7, 11) is 0. The monoisotopic (exact) mass is 224 g/mol. The standard InChI is InChI=1S/C11H13ClN2O/c1-7(8-2-3-8)11(15)14-9-4-5-10(12)13-6-9/h4-8H,2-3H2,1H3,(H,14,15). The molecule has 1 fully saturated rings. The molecule has 1 amide bonds. The van der Waals surface area contributed by atoms with Gasteiger partial charge >= 0.3 is 0 Å². The van der Waals surface area contributed by atoms with Crippen molar-refractivity contribution in [2.24, 2.45) is 11.8 Å². The zero-order valence-corrected chi connectivity index (χ0v) is 9.29. The second-order valence-corrected chi connectivity index (χ2v) is 4.37. The van der Waals surface area contributed by atoms with Crippen molar-refractivity contribution >= 4 is 23.2 Å². The maximum atomic E-state index is 11.7. The minimum Gasteiger partial charge on any atom is -0.324 e. The average Bonchev–Trinajstić information content (AvgIpc) is 3.04. The molecule has 2 rings (SSSR count). The van der Waals surface area contributed by atoms with Crippen LogP contribution in [0.25, 0.3) is 0 Å². The van der Waals surface area contributed by atoms with Crippen molar-refractivity contribution in [3.63, 3.8) is 0 Å². The lowest BCUT2D eigenvalue weighted by Gasteiger charge is -2.10. The average molecular weight is 225 g/mol. The lowest BCUT2D eigenvalue weighted by Crippen LogP contribution is -2.21. The number of rotatable bonds is 3. The number of hydrogen-bond donors (Lipinski definition) is 1. The van der Waals surface area contributed by atoms with Crippen LogP contribution in [0.3, 0.4) is 0 Å². The van der Waals surface area contributed by atoms with Crippen molar-refractivity contribution in [1.29, 1.82) is 0 Å². The molecule has 1 heterocycles. The van der Waals surface area contributed by atoms with Crippen LogP contribution in [0, 0.1) is 11.8 Å². The molecule has 4 heteroatoms. The molecule has 1 unspecified atom stereocenters. The van der Waals surface area contributed by atoms with E-state index in [4.69, 9.17) is 11.6 Å². The first kappa shape index (κ1) is 10.4. The van der Waals surface area contributed by atoms with E-state index in [1.54, 1.807) is 18.3 Å². The number of pyridine rings is 1. The van der Waals surface area contributed by atoms with Gasteiger partial charge in [0, 0.05) is 5.92 Å². The Kier molecular flexibility index (Phi) is 2.91. The van der Waals surface area contributed by atoms with Gasteiger partial charge < -0.3 is 5.32 Å². The fourth-order valence-corrected chi connectivity index (χ4v) is 1.63. The van der Waals surface area contributed by atoms with E-state index in [0.717, 1.165) is 0 Å². The lowest BCUT2D eigenvalue weighted by molar-refractivity contribution is -0.119. The van der Waals surface area contributed by atoms with Gasteiger partial charge in [0.1, 0.15) is 5.15 Å². The van der Waals surface area contributed by atoms with Crippen molar-refractivity contribution in [3.8, 4) is 0 Å². The second kappa shape index (κ2) is 4.19. The molecule has 15 heavy (non-hydrogen) atoms. The highest BCUT2D eigenvalue weighted by atomic mass is 35.5. The topological polar surface area (TPSA) is 42.0 Å². The molecule has 1 atom stereocenters. The molecule has 0 aromatic carbocycles. The maximum Gasteiger partial charge on any atom is 0.227 e. The molecular weight excluding hydrogens is 212 g/mol. The summed E-state index contributed by atoms with van der Waals surface area (Å²) in [6.45, 7) is 1.97. The van der Waals surface area contributed by atoms with Crippen molar-refractivity contribution in [2.75, 3.05) is 5.32 Å². The van der Waals surface area contributed by atoms with E-state index in [1.165, 1.54) is 12.8 Å². The Bertz CT molecular complexity index is 359. The first-order valence-electron chi connectivity index (χ1n) is 5.09. The van der Waals surface area contributed by atoms with Gasteiger partial charge in [-0.1, -0.05) is 18.5 Å². The number of nitrogens with zero attached hydrogens (tertiary/aromatic N) is 1. The smallest absolute Gasteiger partial charge is 0.227 e. The number of nitrogens with one attached hydrogen (secondary N) is 1. The van der Waals surface area contributed by atoms with Crippen LogP contribution in [0.5, 0.6) is 0 Å². The van der Waals surface area contributed by atoms with Crippen molar-refractivity contribution < 1.29 is 4.79 Å². The van der Waals surface area contributed by atoms with E-state index in [1.807, 2.05) is 6.92 Å². The van der Waals surface area contributed by atoms with E-state index in [0.29, 0.717) is 16.8 Å². The number of amides is 1. The fourth-order valence-electron chi connectivity index (χ4n) is 1.52. The van der Waals surface area contributed by atoms with E-state index in [-0.39, 0.29) is 11.8 Å². The first-order valence-corrected chi connectivity index (χ1v) is 5.47. The Hall–Kier alpha value is -1.09. The number of carbonyl (C=O) groups excluding carboxylic acids is 1. The van der Waals surface area contributed by atoms with Gasteiger partial charge in [-0.25, -0.2) is 4.98 Å². The summed E-state index contributed by atoms with van der Waals surface area (Å²) in [5, 5.41) is 3.26. The van der Waals surface area contributed by atoms with Gasteiger partial charge in [-0.2, -0.15) is 0 Å². The zero-order chi connectivity index (χ0) is 10.8. The van der Waals surface area contributed by atoms with Crippen molar-refractivity contribution in [3.05, 3.63) is 23.5 Å². The predicted octanol–water partition coefficient (Wildman–Crippen LogP) is 2.72. The van der Waals surface area contributed by atoms with Gasteiger partial charge in [0.2, 0.25) is 5.91 Å². The molecule has 1 aliphatic rings. The minimum atomic E-state index is 0.0709. The number of carbonyl (C=O) groups is 1. The molecule has 0 bridgehead atoms. The molecule has 80 valence electrons. The van der Waals surface area contributed by atoms with E-state index in [2.05, 4.69) is 10.3 Å². The molecule has 1 aromatic rings. The summed E-state index contributed by atoms with van der Waals surface area (Å²) >= 11 is 5.65. The summed E-state index contributed by atoms with van der Waals surface area (Å²) in [6.07, 6.45) is 3.92. The molecule has 1 N–H and O–H groups in total. The van der Waals surface area contributed by atoms with Crippen molar-refractivity contribution in [1.82, 2.24) is 4.98 Å². The molecular formula is C11H13ClN2O. The highest BCUT2D eigenvalue weighted by Crippen LogP contribution is 2.36. The third-order valence-electron chi connectivity index (χ3n) is 2.74. The third-order valence-corrected chi connectivity index (χ3v) is 2.96. The SMILES string of the molecule is CC(C(=O)Nc1ccc(Cl)nc1)C1CC1. The number of hydrogen-bond acceptors (Lipinski definition) is 2. The van der Waals surface area contributed by atoms with E-state index < -0.39 is 0 Å². The number of aromatic nitrogens is 1. The van der Waals surface area contributed by atoms with Crippen molar-refractivity contribution in [2.45, 2.75) is 19.8 Å². The summed E-state index contributed by atoms with van der Waals surface area (Å²) in [5.74, 6) is 0.743. The largest absolute Gasteiger partial charge is 0.324 e. The van der Waals surface area contributed by atoms with Crippen LogP contribution in [0.1, 0.15) is 19.8 Å². The van der Waals surface area contributed by atoms with Gasteiger partial charge in [0.15, 0.2) is 0 Å². The normalized spacial score (nSPS) is 17.2. The van der Waals surface area contributed by atoms with Crippen LogP contribution >= 0.6 is 11.6 Å². The maximum absolute atomic E-state index is 11.7. The van der Waals surface area contributed by atoms with Crippen LogP contribution in [0.2, 0.25) is 5.15 Å². The highest BCUT2D eigenvalue weighted by Gasteiger charge is 2.32. The van der Waals surface area contributed by atoms with Gasteiger partial charge in [-0.15, -0.1) is 0 Å². The van der Waals surface area contributed by atoms with Crippen LogP contribution in [-0.4, -0.2) is 10.9 Å². The molecule has 1 aromatic heterocycles. The molecule has 0 spiro atoms. The molecule has 0 aliphatic heterocycles. The Morgan fingerprint density at radius 2 is 2.33 bits per heavy atom. The molecule has 0 radical (unpaired) electrons. The van der Waals surface area contributed by atoms with Crippen LogP contribution < -0.4 is 5.32 Å². The molecule has 1 saturated carbocycles. The summed E-state index contributed by atoms with van der Waals surface area (Å²) in [5.41, 5.74) is 0.705.